The van der Waals surface area contributed by atoms with Gasteiger partial charge in [0.1, 0.15) is 6.10 Å². The van der Waals surface area contributed by atoms with Gasteiger partial charge in [0.05, 0.1) is 0 Å². The Balaban J connectivity index is 1.58. The number of rotatable bonds is 6. The number of benzene rings is 1. The van der Waals surface area contributed by atoms with Crippen LogP contribution in [0.1, 0.15) is 80.4 Å². The normalized spacial score (nSPS) is 23.6. The number of hydrogen-bond acceptors (Lipinski definition) is 3. The van der Waals surface area contributed by atoms with Crippen LogP contribution in [-0.4, -0.2) is 17.2 Å². The standard InChI is InChI=1S/C22H31NOS/c1-15(2)19-13-21(25-14-19)22(24)16(3)23-20-11-7-10-18(12-20)17-8-5-4-6-9-17/h4-6,8-9,13-16,18,20,22-24H,7,10-12H2,1-3H3. The summed E-state index contributed by atoms with van der Waals surface area (Å²) in [6.07, 6.45) is 4.50. The molecule has 2 aromatic rings. The molecule has 0 saturated heterocycles. The van der Waals surface area contributed by atoms with Crippen molar-refractivity contribution in [2.75, 3.05) is 0 Å². The molecule has 2 N–H and O–H groups in total. The summed E-state index contributed by atoms with van der Waals surface area (Å²) < 4.78 is 0. The van der Waals surface area contributed by atoms with Gasteiger partial charge in [-0.3, -0.25) is 0 Å². The maximum atomic E-state index is 10.7. The number of hydrogen-bond donors (Lipinski definition) is 2. The summed E-state index contributed by atoms with van der Waals surface area (Å²) in [6.45, 7) is 6.52. The zero-order valence-electron chi connectivity index (χ0n) is 15.6. The lowest BCUT2D eigenvalue weighted by molar-refractivity contribution is 0.126. The van der Waals surface area contributed by atoms with Crippen molar-refractivity contribution < 1.29 is 5.11 Å². The smallest absolute Gasteiger partial charge is 0.103 e. The molecule has 2 nitrogen and oxygen atoms in total. The lowest BCUT2D eigenvalue weighted by Gasteiger charge is -2.33. The van der Waals surface area contributed by atoms with Gasteiger partial charge in [0.15, 0.2) is 0 Å². The number of thiophene rings is 1. The van der Waals surface area contributed by atoms with Gasteiger partial charge in [-0.05, 0) is 60.6 Å². The predicted molar refractivity (Wildman–Crippen MR) is 107 cm³/mol. The lowest BCUT2D eigenvalue weighted by atomic mass is 9.81. The maximum absolute atomic E-state index is 10.7. The van der Waals surface area contributed by atoms with Crippen molar-refractivity contribution in [2.45, 2.75) is 76.5 Å². The van der Waals surface area contributed by atoms with Crippen LogP contribution in [0.25, 0.3) is 0 Å². The van der Waals surface area contributed by atoms with Crippen LogP contribution in [0.4, 0.5) is 0 Å². The fraction of sp³-hybridized carbons (Fsp3) is 0.545. The van der Waals surface area contributed by atoms with Gasteiger partial charge in [0.25, 0.3) is 0 Å². The van der Waals surface area contributed by atoms with Gasteiger partial charge < -0.3 is 10.4 Å². The van der Waals surface area contributed by atoms with E-state index in [2.05, 4.69) is 67.9 Å². The molecule has 1 aromatic carbocycles. The Morgan fingerprint density at radius 3 is 2.56 bits per heavy atom. The minimum absolute atomic E-state index is 0.0817. The molecular weight excluding hydrogens is 326 g/mol. The first-order chi connectivity index (χ1) is 12.0. The largest absolute Gasteiger partial charge is 0.386 e. The Hall–Kier alpha value is -1.16. The molecule has 4 unspecified atom stereocenters. The first-order valence-electron chi connectivity index (χ1n) is 9.62. The molecule has 1 aromatic heterocycles. The van der Waals surface area contributed by atoms with Crippen molar-refractivity contribution in [1.29, 1.82) is 0 Å². The SMILES string of the molecule is CC(C)c1csc(C(O)C(C)NC2CCCC(c3ccccc3)C2)c1. The minimum Gasteiger partial charge on any atom is -0.386 e. The van der Waals surface area contributed by atoms with Crippen LogP contribution in [0.5, 0.6) is 0 Å². The van der Waals surface area contributed by atoms with Gasteiger partial charge in [-0.2, -0.15) is 0 Å². The van der Waals surface area contributed by atoms with Crippen LogP contribution in [0.2, 0.25) is 0 Å². The minimum atomic E-state index is -0.422. The van der Waals surface area contributed by atoms with E-state index in [1.54, 1.807) is 11.3 Å². The molecule has 0 aliphatic heterocycles. The van der Waals surface area contributed by atoms with Gasteiger partial charge in [-0.1, -0.05) is 50.6 Å². The fourth-order valence-electron chi connectivity index (χ4n) is 3.90. The third-order valence-corrected chi connectivity index (χ3v) is 6.54. The molecule has 1 fully saturated rings. The summed E-state index contributed by atoms with van der Waals surface area (Å²) in [5.41, 5.74) is 2.79. The summed E-state index contributed by atoms with van der Waals surface area (Å²) in [5, 5.41) is 16.6. The highest BCUT2D eigenvalue weighted by Gasteiger charge is 2.27. The van der Waals surface area contributed by atoms with Crippen molar-refractivity contribution in [1.82, 2.24) is 5.32 Å². The lowest BCUT2D eigenvalue weighted by Crippen LogP contribution is -2.42. The molecule has 0 spiro atoms. The van der Waals surface area contributed by atoms with Gasteiger partial charge in [-0.15, -0.1) is 11.3 Å². The average Bonchev–Trinajstić information content (AvgIpc) is 3.12. The Morgan fingerprint density at radius 2 is 1.88 bits per heavy atom. The van der Waals surface area contributed by atoms with Crippen molar-refractivity contribution in [3.05, 3.63) is 57.8 Å². The van der Waals surface area contributed by atoms with E-state index < -0.39 is 6.10 Å². The molecule has 0 bridgehead atoms. The Labute approximate surface area is 156 Å². The van der Waals surface area contributed by atoms with Crippen LogP contribution in [0.15, 0.2) is 41.8 Å². The van der Waals surface area contributed by atoms with Gasteiger partial charge in [0, 0.05) is 17.0 Å². The molecule has 3 rings (SSSR count). The Morgan fingerprint density at radius 1 is 1.12 bits per heavy atom. The number of aliphatic hydroxyl groups is 1. The van der Waals surface area contributed by atoms with Crippen LogP contribution in [0, 0.1) is 0 Å². The summed E-state index contributed by atoms with van der Waals surface area (Å²) in [4.78, 5) is 1.08. The van der Waals surface area contributed by atoms with Crippen LogP contribution in [-0.2, 0) is 0 Å². The Kier molecular flexibility index (Phi) is 6.32. The van der Waals surface area contributed by atoms with E-state index in [4.69, 9.17) is 0 Å². The molecule has 136 valence electrons. The van der Waals surface area contributed by atoms with E-state index in [1.807, 2.05) is 0 Å². The van der Waals surface area contributed by atoms with Crippen molar-refractivity contribution in [2.24, 2.45) is 0 Å². The molecule has 3 heteroatoms. The third kappa shape index (κ3) is 4.72. The number of nitrogens with one attached hydrogen (secondary N) is 1. The molecule has 1 aliphatic carbocycles. The average molecular weight is 358 g/mol. The first kappa shape index (κ1) is 18.6. The molecule has 25 heavy (non-hydrogen) atoms. The van der Waals surface area contributed by atoms with Crippen molar-refractivity contribution in [3.8, 4) is 0 Å². The van der Waals surface area contributed by atoms with Crippen molar-refractivity contribution >= 4 is 11.3 Å². The predicted octanol–water partition coefficient (Wildman–Crippen LogP) is 5.61. The molecule has 0 amide bonds. The summed E-state index contributed by atoms with van der Waals surface area (Å²) >= 11 is 1.68. The third-order valence-electron chi connectivity index (χ3n) is 5.52. The second kappa shape index (κ2) is 8.48. The van der Waals surface area contributed by atoms with Gasteiger partial charge in [-0.25, -0.2) is 0 Å². The summed E-state index contributed by atoms with van der Waals surface area (Å²) in [6, 6.07) is 13.6. The molecule has 1 heterocycles. The van der Waals surface area contributed by atoms with Gasteiger partial charge in [0.2, 0.25) is 0 Å². The van der Waals surface area contributed by atoms with E-state index in [0.717, 1.165) is 4.88 Å². The highest BCUT2D eigenvalue weighted by atomic mass is 32.1. The molecule has 1 saturated carbocycles. The van der Waals surface area contributed by atoms with E-state index in [-0.39, 0.29) is 6.04 Å². The molecular formula is C22H31NOS. The quantitative estimate of drug-likeness (QED) is 0.704. The zero-order valence-corrected chi connectivity index (χ0v) is 16.4. The zero-order chi connectivity index (χ0) is 17.8. The molecule has 4 atom stereocenters. The number of aliphatic hydroxyl groups excluding tert-OH is 1. The maximum Gasteiger partial charge on any atom is 0.103 e. The van der Waals surface area contributed by atoms with Gasteiger partial charge >= 0.3 is 0 Å². The highest BCUT2D eigenvalue weighted by molar-refractivity contribution is 7.10. The van der Waals surface area contributed by atoms with Crippen LogP contribution < -0.4 is 5.32 Å². The van der Waals surface area contributed by atoms with Crippen LogP contribution in [0.3, 0.4) is 0 Å². The topological polar surface area (TPSA) is 32.3 Å². The second-order valence-electron chi connectivity index (χ2n) is 7.81. The first-order valence-corrected chi connectivity index (χ1v) is 10.5. The van der Waals surface area contributed by atoms with Crippen molar-refractivity contribution in [3.63, 3.8) is 0 Å². The molecule has 1 aliphatic rings. The molecule has 0 radical (unpaired) electrons. The van der Waals surface area contributed by atoms with Crippen LogP contribution >= 0.6 is 11.3 Å². The summed E-state index contributed by atoms with van der Waals surface area (Å²) in [7, 11) is 0. The second-order valence-corrected chi connectivity index (χ2v) is 8.75. The van der Waals surface area contributed by atoms with E-state index >= 15 is 0 Å². The van der Waals surface area contributed by atoms with E-state index in [9.17, 15) is 5.11 Å². The highest BCUT2D eigenvalue weighted by Crippen LogP contribution is 2.34. The van der Waals surface area contributed by atoms with E-state index in [0.29, 0.717) is 17.9 Å². The monoisotopic (exact) mass is 357 g/mol. The Bertz CT molecular complexity index is 651. The summed E-state index contributed by atoms with van der Waals surface area (Å²) in [5.74, 6) is 1.16. The fourth-order valence-corrected chi connectivity index (χ4v) is 5.06. The van der Waals surface area contributed by atoms with E-state index in [1.165, 1.54) is 36.8 Å².